The number of para-hydroxylation sites is 3. The van der Waals surface area contributed by atoms with Gasteiger partial charge in [0, 0.05) is 23.7 Å². The number of rotatable bonds is 5. The molecule has 0 radical (unpaired) electrons. The molecule has 2 aromatic carbocycles. The average molecular weight is 387 g/mol. The minimum absolute atomic E-state index is 0.268. The number of anilines is 1. The fourth-order valence-electron chi connectivity index (χ4n) is 2.81. The van der Waals surface area contributed by atoms with E-state index >= 15 is 0 Å². The van der Waals surface area contributed by atoms with Crippen molar-refractivity contribution in [1.29, 1.82) is 5.26 Å². The van der Waals surface area contributed by atoms with Gasteiger partial charge >= 0.3 is 0 Å². The van der Waals surface area contributed by atoms with E-state index in [1.807, 2.05) is 54.6 Å². The first kappa shape index (κ1) is 17.8. The van der Waals surface area contributed by atoms with Crippen molar-refractivity contribution in [2.45, 2.75) is 6.54 Å². The van der Waals surface area contributed by atoms with Crippen LogP contribution >= 0.6 is 11.6 Å². The molecule has 0 atom stereocenters. The lowest BCUT2D eigenvalue weighted by molar-refractivity contribution is 0.463. The van der Waals surface area contributed by atoms with Crippen LogP contribution in [0.25, 0.3) is 10.9 Å². The van der Waals surface area contributed by atoms with Crippen LogP contribution in [0.2, 0.25) is 5.15 Å². The molecule has 0 saturated carbocycles. The number of fused-ring (bicyclic) bond motifs is 1. The van der Waals surface area contributed by atoms with Gasteiger partial charge in [-0.25, -0.2) is 9.97 Å². The average Bonchev–Trinajstić information content (AvgIpc) is 2.73. The molecule has 5 nitrogen and oxygen atoms in total. The van der Waals surface area contributed by atoms with Crippen LogP contribution in [0.1, 0.15) is 11.1 Å². The van der Waals surface area contributed by atoms with Gasteiger partial charge in [0.05, 0.1) is 11.2 Å². The number of hydrogen-bond acceptors (Lipinski definition) is 5. The van der Waals surface area contributed by atoms with Gasteiger partial charge in [0.2, 0.25) is 5.88 Å². The van der Waals surface area contributed by atoms with E-state index in [4.69, 9.17) is 16.3 Å². The van der Waals surface area contributed by atoms with Crippen LogP contribution in [0.5, 0.6) is 11.6 Å². The molecule has 0 amide bonds. The molecule has 4 rings (SSSR count). The normalized spacial score (nSPS) is 10.4. The van der Waals surface area contributed by atoms with Crippen molar-refractivity contribution in [3.63, 3.8) is 0 Å². The third kappa shape index (κ3) is 3.73. The Balaban J connectivity index is 1.58. The van der Waals surface area contributed by atoms with Gasteiger partial charge in [-0.2, -0.15) is 5.26 Å². The third-order valence-electron chi connectivity index (χ3n) is 4.20. The standard InChI is InChI=1S/C22H15ClN4O/c23-21-17(12-15-6-1-2-8-18(15)27-21)14-26-19-9-3-4-10-20(19)28-22-16(13-24)7-5-11-25-22/h1-12,26H,14H2. The summed E-state index contributed by atoms with van der Waals surface area (Å²) >= 11 is 6.35. The maximum Gasteiger partial charge on any atom is 0.237 e. The second-order valence-corrected chi connectivity index (χ2v) is 6.41. The van der Waals surface area contributed by atoms with Crippen LogP contribution in [-0.4, -0.2) is 9.97 Å². The van der Waals surface area contributed by atoms with Crippen molar-refractivity contribution in [2.75, 3.05) is 5.32 Å². The lowest BCUT2D eigenvalue weighted by atomic mass is 10.1. The van der Waals surface area contributed by atoms with E-state index in [1.165, 1.54) is 0 Å². The van der Waals surface area contributed by atoms with Gasteiger partial charge in [-0.05, 0) is 36.4 Å². The van der Waals surface area contributed by atoms with Crippen LogP contribution in [-0.2, 0) is 6.54 Å². The second-order valence-electron chi connectivity index (χ2n) is 6.05. The molecular weight excluding hydrogens is 372 g/mol. The molecule has 0 unspecified atom stereocenters. The fraction of sp³-hybridized carbons (Fsp3) is 0.0455. The summed E-state index contributed by atoms with van der Waals surface area (Å²) in [6, 6.07) is 22.8. The van der Waals surface area contributed by atoms with Crippen molar-refractivity contribution in [3.8, 4) is 17.7 Å². The number of nitrogens with one attached hydrogen (secondary N) is 1. The molecular formula is C22H15ClN4O. The summed E-state index contributed by atoms with van der Waals surface area (Å²) in [7, 11) is 0. The van der Waals surface area contributed by atoms with E-state index in [1.54, 1.807) is 18.3 Å². The lowest BCUT2D eigenvalue weighted by Crippen LogP contribution is -2.03. The molecule has 0 aliphatic carbocycles. The summed E-state index contributed by atoms with van der Waals surface area (Å²) < 4.78 is 5.88. The predicted molar refractivity (Wildman–Crippen MR) is 110 cm³/mol. The zero-order valence-electron chi connectivity index (χ0n) is 14.8. The molecule has 1 N–H and O–H groups in total. The van der Waals surface area contributed by atoms with Crippen molar-refractivity contribution in [3.05, 3.63) is 89.2 Å². The molecule has 6 heteroatoms. The van der Waals surface area contributed by atoms with Crippen LogP contribution in [0.3, 0.4) is 0 Å². The third-order valence-corrected chi connectivity index (χ3v) is 4.53. The number of nitrogens with zero attached hydrogens (tertiary/aromatic N) is 3. The summed E-state index contributed by atoms with van der Waals surface area (Å²) in [5, 5.41) is 14.0. The summed E-state index contributed by atoms with van der Waals surface area (Å²) in [4.78, 5) is 8.60. The van der Waals surface area contributed by atoms with Gasteiger partial charge in [-0.1, -0.05) is 41.9 Å². The van der Waals surface area contributed by atoms with E-state index in [9.17, 15) is 5.26 Å². The van der Waals surface area contributed by atoms with Gasteiger partial charge in [0.15, 0.2) is 5.75 Å². The zero-order valence-corrected chi connectivity index (χ0v) is 15.5. The maximum atomic E-state index is 9.23. The number of hydrogen-bond donors (Lipinski definition) is 1. The van der Waals surface area contributed by atoms with E-state index in [0.29, 0.717) is 23.0 Å². The van der Waals surface area contributed by atoms with Crippen molar-refractivity contribution in [1.82, 2.24) is 9.97 Å². The van der Waals surface area contributed by atoms with E-state index in [2.05, 4.69) is 21.4 Å². The first-order valence-electron chi connectivity index (χ1n) is 8.64. The van der Waals surface area contributed by atoms with Crippen molar-refractivity contribution in [2.24, 2.45) is 0 Å². The first-order chi connectivity index (χ1) is 13.7. The van der Waals surface area contributed by atoms with Crippen molar-refractivity contribution >= 4 is 28.2 Å². The summed E-state index contributed by atoms with van der Waals surface area (Å²) in [6.45, 7) is 0.477. The first-order valence-corrected chi connectivity index (χ1v) is 9.02. The van der Waals surface area contributed by atoms with Crippen LogP contribution in [0.4, 0.5) is 5.69 Å². The van der Waals surface area contributed by atoms with E-state index in [0.717, 1.165) is 22.2 Å². The van der Waals surface area contributed by atoms with Gasteiger partial charge < -0.3 is 10.1 Å². The van der Waals surface area contributed by atoms with Gasteiger partial charge in [-0.3, -0.25) is 0 Å². The summed E-state index contributed by atoms with van der Waals surface area (Å²) in [5.74, 6) is 0.840. The Morgan fingerprint density at radius 3 is 2.75 bits per heavy atom. The quantitative estimate of drug-likeness (QED) is 0.455. The Morgan fingerprint density at radius 2 is 1.86 bits per heavy atom. The SMILES string of the molecule is N#Cc1cccnc1Oc1ccccc1NCc1cc2ccccc2nc1Cl. The minimum Gasteiger partial charge on any atom is -0.436 e. The molecule has 2 heterocycles. The molecule has 0 aliphatic heterocycles. The van der Waals surface area contributed by atoms with Crippen LogP contribution in [0, 0.1) is 11.3 Å². The molecule has 28 heavy (non-hydrogen) atoms. The monoisotopic (exact) mass is 386 g/mol. The molecule has 4 aromatic rings. The smallest absolute Gasteiger partial charge is 0.237 e. The van der Waals surface area contributed by atoms with E-state index in [-0.39, 0.29) is 5.88 Å². The number of aromatic nitrogens is 2. The molecule has 2 aromatic heterocycles. The Kier molecular flexibility index (Phi) is 5.05. The zero-order chi connectivity index (χ0) is 19.3. The van der Waals surface area contributed by atoms with Gasteiger partial charge in [0.25, 0.3) is 0 Å². The molecule has 0 saturated heterocycles. The molecule has 0 bridgehead atoms. The number of ether oxygens (including phenoxy) is 1. The molecule has 0 fully saturated rings. The molecule has 0 aliphatic rings. The van der Waals surface area contributed by atoms with Crippen LogP contribution < -0.4 is 10.1 Å². The topological polar surface area (TPSA) is 70.8 Å². The Labute approximate surface area is 167 Å². The number of halogens is 1. The minimum atomic E-state index is 0.268. The molecule has 0 spiro atoms. The highest BCUT2D eigenvalue weighted by Gasteiger charge is 2.10. The summed E-state index contributed by atoms with van der Waals surface area (Å²) in [5.41, 5.74) is 2.88. The highest BCUT2D eigenvalue weighted by molar-refractivity contribution is 6.30. The van der Waals surface area contributed by atoms with Crippen LogP contribution in [0.15, 0.2) is 72.9 Å². The number of benzene rings is 2. The number of nitriles is 1. The summed E-state index contributed by atoms with van der Waals surface area (Å²) in [6.07, 6.45) is 1.59. The number of pyridine rings is 2. The Hall–Kier alpha value is -3.62. The fourth-order valence-corrected chi connectivity index (χ4v) is 3.03. The van der Waals surface area contributed by atoms with E-state index < -0.39 is 0 Å². The highest BCUT2D eigenvalue weighted by Crippen LogP contribution is 2.30. The maximum absolute atomic E-state index is 9.23. The second kappa shape index (κ2) is 7.95. The van der Waals surface area contributed by atoms with Gasteiger partial charge in [-0.15, -0.1) is 0 Å². The predicted octanol–water partition coefficient (Wildman–Crippen LogP) is 5.56. The Bertz CT molecular complexity index is 1190. The largest absolute Gasteiger partial charge is 0.436 e. The Morgan fingerprint density at radius 1 is 1.04 bits per heavy atom. The highest BCUT2D eigenvalue weighted by atomic mass is 35.5. The molecule has 136 valence electrons. The van der Waals surface area contributed by atoms with Gasteiger partial charge in [0.1, 0.15) is 16.8 Å². The lowest BCUT2D eigenvalue weighted by Gasteiger charge is -2.14. The van der Waals surface area contributed by atoms with Crippen molar-refractivity contribution < 1.29 is 4.74 Å².